The third-order valence-corrected chi connectivity index (χ3v) is 5.56. The van der Waals surface area contributed by atoms with Crippen LogP contribution in [0.3, 0.4) is 0 Å². The molecule has 4 rings (SSSR count). The van der Waals surface area contributed by atoms with E-state index in [2.05, 4.69) is 0 Å². The van der Waals surface area contributed by atoms with Crippen molar-refractivity contribution in [1.29, 1.82) is 0 Å². The Morgan fingerprint density at radius 3 is 1.72 bits per heavy atom. The van der Waals surface area contributed by atoms with Crippen molar-refractivity contribution in [2.45, 2.75) is 32.2 Å². The summed E-state index contributed by atoms with van der Waals surface area (Å²) in [4.78, 5) is 42.4. The summed E-state index contributed by atoms with van der Waals surface area (Å²) in [5.74, 6) is -0.690. The Labute approximate surface area is 187 Å². The summed E-state index contributed by atoms with van der Waals surface area (Å²) in [7, 11) is -1.27. The summed E-state index contributed by atoms with van der Waals surface area (Å²) in [5, 5.41) is 0. The number of benzene rings is 2. The van der Waals surface area contributed by atoms with Crippen LogP contribution in [0.25, 0.3) is 0 Å². The van der Waals surface area contributed by atoms with Gasteiger partial charge in [0.25, 0.3) is 11.8 Å². The molecule has 2 aliphatic heterocycles. The van der Waals surface area contributed by atoms with Gasteiger partial charge in [-0.25, -0.2) is 0 Å². The molecule has 2 amide bonds. The summed E-state index contributed by atoms with van der Waals surface area (Å²) in [5.41, 5.74) is 1.52. The minimum atomic E-state index is -1.27. The van der Waals surface area contributed by atoms with Crippen molar-refractivity contribution >= 4 is 24.6 Å². The van der Waals surface area contributed by atoms with E-state index in [9.17, 15) is 14.4 Å². The van der Waals surface area contributed by atoms with E-state index in [0.717, 1.165) is 11.1 Å². The Balaban J connectivity index is 1.61. The largest absolute Gasteiger partial charge is 0.538 e. The van der Waals surface area contributed by atoms with Crippen molar-refractivity contribution in [3.05, 3.63) is 83.9 Å². The van der Waals surface area contributed by atoms with Crippen LogP contribution in [0, 0.1) is 0 Å². The summed E-state index contributed by atoms with van der Waals surface area (Å²) >= 11 is 0. The van der Waals surface area contributed by atoms with E-state index in [1.54, 1.807) is 22.8 Å². The molecule has 0 radical (unpaired) electrons. The highest BCUT2D eigenvalue weighted by Crippen LogP contribution is 2.25. The van der Waals surface area contributed by atoms with Crippen LogP contribution in [-0.4, -0.2) is 59.7 Å². The molecule has 0 N–H and O–H groups in total. The van der Waals surface area contributed by atoms with Crippen molar-refractivity contribution in [2.24, 2.45) is 0 Å². The lowest BCUT2D eigenvalue weighted by atomic mass is 9.83. The molecule has 2 atom stereocenters. The smallest absolute Gasteiger partial charge is 0.391 e. The molecule has 32 heavy (non-hydrogen) atoms. The van der Waals surface area contributed by atoms with Crippen molar-refractivity contribution in [2.75, 3.05) is 13.1 Å². The van der Waals surface area contributed by atoms with Crippen molar-refractivity contribution in [1.82, 2.24) is 9.80 Å². The molecule has 0 aromatic heterocycles. The summed E-state index contributed by atoms with van der Waals surface area (Å²) in [6, 6.07) is 19.3. The predicted octanol–water partition coefficient (Wildman–Crippen LogP) is 2.01. The Morgan fingerprint density at radius 1 is 0.875 bits per heavy atom. The molecule has 2 heterocycles. The van der Waals surface area contributed by atoms with E-state index in [0.29, 0.717) is 26.2 Å². The van der Waals surface area contributed by atoms with Crippen LogP contribution in [-0.2, 0) is 36.8 Å². The number of amides is 2. The van der Waals surface area contributed by atoms with E-state index >= 15 is 0 Å². The molecule has 0 unspecified atom stereocenters. The first-order valence-corrected chi connectivity index (χ1v) is 10.7. The van der Waals surface area contributed by atoms with E-state index in [-0.39, 0.29) is 11.8 Å². The summed E-state index contributed by atoms with van der Waals surface area (Å²) < 4.78 is 11.4. The van der Waals surface area contributed by atoms with Gasteiger partial charge in [0.15, 0.2) is 17.9 Å². The third-order valence-electron chi connectivity index (χ3n) is 5.56. The van der Waals surface area contributed by atoms with Crippen LogP contribution in [0.5, 0.6) is 0 Å². The number of hydrogen-bond acceptors (Lipinski definition) is 5. The quantitative estimate of drug-likeness (QED) is 0.516. The molecule has 0 saturated carbocycles. The van der Waals surface area contributed by atoms with E-state index in [4.69, 9.17) is 9.31 Å². The summed E-state index contributed by atoms with van der Waals surface area (Å²) in [6.07, 6.45) is 0.568. The number of rotatable bonds is 6. The molecular weight excluding hydrogens is 407 g/mol. The van der Waals surface area contributed by atoms with Gasteiger partial charge < -0.3 is 19.1 Å². The molecule has 2 aromatic carbocycles. The Morgan fingerprint density at radius 2 is 1.31 bits per heavy atom. The Bertz CT molecular complexity index is 928. The zero-order chi connectivity index (χ0) is 22.5. The van der Waals surface area contributed by atoms with Gasteiger partial charge in [-0.05, 0) is 24.1 Å². The average molecular weight is 432 g/mol. The van der Waals surface area contributed by atoms with Crippen molar-refractivity contribution in [3.8, 4) is 0 Å². The van der Waals surface area contributed by atoms with Crippen molar-refractivity contribution < 1.29 is 23.7 Å². The lowest BCUT2D eigenvalue weighted by molar-refractivity contribution is -0.153. The van der Waals surface area contributed by atoms with Crippen molar-refractivity contribution in [3.63, 3.8) is 0 Å². The monoisotopic (exact) mass is 432 g/mol. The highest BCUT2D eigenvalue weighted by molar-refractivity contribution is 6.83. The van der Waals surface area contributed by atoms with Crippen LogP contribution in [0.15, 0.2) is 72.8 Å². The number of hydrogen-bond donors (Lipinski definition) is 0. The van der Waals surface area contributed by atoms with Gasteiger partial charge in [0.2, 0.25) is 0 Å². The van der Waals surface area contributed by atoms with Crippen LogP contribution in [0.1, 0.15) is 18.1 Å². The second-order valence-electron chi connectivity index (χ2n) is 7.84. The van der Waals surface area contributed by atoms with Gasteiger partial charge in [0, 0.05) is 26.2 Å². The van der Waals surface area contributed by atoms with Gasteiger partial charge in [-0.3, -0.25) is 14.4 Å². The fourth-order valence-electron chi connectivity index (χ4n) is 3.94. The highest BCUT2D eigenvalue weighted by Gasteiger charge is 2.53. The van der Waals surface area contributed by atoms with E-state index < -0.39 is 25.0 Å². The van der Waals surface area contributed by atoms with Gasteiger partial charge in [-0.1, -0.05) is 66.7 Å². The maximum absolute atomic E-state index is 13.3. The van der Waals surface area contributed by atoms with Gasteiger partial charge >= 0.3 is 7.12 Å². The maximum atomic E-state index is 13.3. The molecule has 2 saturated heterocycles. The lowest BCUT2D eigenvalue weighted by Gasteiger charge is -2.35. The summed E-state index contributed by atoms with van der Waals surface area (Å²) in [6.45, 7) is 3.17. The van der Waals surface area contributed by atoms with Gasteiger partial charge in [-0.15, -0.1) is 0 Å². The topological polar surface area (TPSA) is 76.2 Å². The normalized spacial score (nSPS) is 21.6. The number of allylic oxidation sites excluding steroid dienone is 2. The maximum Gasteiger partial charge on any atom is 0.538 e. The zero-order valence-electron chi connectivity index (χ0n) is 17.9. The number of fused-ring (bicyclic) bond motifs is 1. The van der Waals surface area contributed by atoms with E-state index in [1.165, 1.54) is 6.08 Å². The minimum absolute atomic E-state index is 0.345. The average Bonchev–Trinajstić information content (AvgIpc) is 3.26. The molecule has 2 aliphatic rings. The van der Waals surface area contributed by atoms with Crippen LogP contribution < -0.4 is 0 Å². The molecular formula is C24H25BN2O5. The van der Waals surface area contributed by atoms with Gasteiger partial charge in [0.05, 0.1) is 0 Å². The fraction of sp³-hybridized carbons (Fsp3) is 0.292. The molecule has 7 nitrogen and oxygen atoms in total. The van der Waals surface area contributed by atoms with Gasteiger partial charge in [-0.2, -0.15) is 0 Å². The predicted molar refractivity (Wildman–Crippen MR) is 119 cm³/mol. The lowest BCUT2D eigenvalue weighted by Crippen LogP contribution is -2.55. The molecule has 0 bridgehead atoms. The van der Waals surface area contributed by atoms with E-state index in [1.807, 2.05) is 60.7 Å². The number of nitrogens with zero attached hydrogens (tertiary/aromatic N) is 2. The van der Waals surface area contributed by atoms with Crippen LogP contribution in [0.4, 0.5) is 0 Å². The first kappa shape index (κ1) is 22.0. The van der Waals surface area contributed by atoms with Crippen LogP contribution in [0.2, 0.25) is 0 Å². The molecule has 164 valence electrons. The third kappa shape index (κ3) is 4.82. The SMILES string of the molecule is C/C=C/C(=O)B1O[C@H]2C(=O)N(Cc3ccccc3)CCN(Cc3ccccc3)C(=O)[C@@H]2O1. The zero-order valence-corrected chi connectivity index (χ0v) is 17.9. The number of carbonyl (C=O) groups excluding carboxylic acids is 3. The second-order valence-corrected chi connectivity index (χ2v) is 7.84. The standard InChI is InChI=1S/C24H25BN2O5/c1-2-9-20(28)25-31-21-22(32-25)24(30)27(17-19-12-7-4-8-13-19)15-14-26(23(21)29)16-18-10-5-3-6-11-18/h2-13,21-22H,14-17H2,1H3/b9-2+/t21-,22-/m1/s1. The molecule has 0 spiro atoms. The first-order chi connectivity index (χ1) is 15.6. The molecule has 2 aromatic rings. The number of carbonyl (C=O) groups is 3. The molecule has 0 aliphatic carbocycles. The van der Waals surface area contributed by atoms with Crippen LogP contribution >= 0.6 is 0 Å². The molecule has 2 fully saturated rings. The van der Waals surface area contributed by atoms with Gasteiger partial charge in [0.1, 0.15) is 0 Å². The Kier molecular flexibility index (Phi) is 6.82. The molecule has 8 heteroatoms. The second kappa shape index (κ2) is 9.93. The first-order valence-electron chi connectivity index (χ1n) is 10.7. The highest BCUT2D eigenvalue weighted by atomic mass is 16.7. The Hall–Kier alpha value is -3.23. The minimum Gasteiger partial charge on any atom is -0.391 e. The fourth-order valence-corrected chi connectivity index (χ4v) is 3.94.